The van der Waals surface area contributed by atoms with Gasteiger partial charge in [-0.1, -0.05) is 6.92 Å². The number of piperidine rings is 1. The Balaban J connectivity index is 1.70. The summed E-state index contributed by atoms with van der Waals surface area (Å²) in [6, 6.07) is 0.546. The number of nitrogens with one attached hydrogen (secondary N) is 1. The fraction of sp³-hybridized carbons (Fsp3) is 0.923. The van der Waals surface area contributed by atoms with E-state index < -0.39 is 0 Å². The van der Waals surface area contributed by atoms with E-state index in [-0.39, 0.29) is 5.91 Å². The highest BCUT2D eigenvalue weighted by molar-refractivity contribution is 5.76. The number of carbonyl (C=O) groups excluding carboxylic acids is 1. The average molecular weight is 240 g/mol. The number of carbonyl (C=O) groups is 1. The summed E-state index contributed by atoms with van der Waals surface area (Å²) in [6.45, 7) is 6.38. The summed E-state index contributed by atoms with van der Waals surface area (Å²) in [5.41, 5.74) is 0. The molecule has 2 aliphatic heterocycles. The van der Waals surface area contributed by atoms with Crippen molar-refractivity contribution in [2.24, 2.45) is 5.92 Å². The molecule has 0 aromatic heterocycles. The van der Waals surface area contributed by atoms with Gasteiger partial charge in [-0.15, -0.1) is 0 Å². The van der Waals surface area contributed by atoms with E-state index in [1.165, 1.54) is 12.8 Å². The highest BCUT2D eigenvalue weighted by Crippen LogP contribution is 2.25. The highest BCUT2D eigenvalue weighted by atomic mass is 16.5. The van der Waals surface area contributed by atoms with Crippen LogP contribution in [0.3, 0.4) is 0 Å². The van der Waals surface area contributed by atoms with Gasteiger partial charge in [-0.2, -0.15) is 0 Å². The van der Waals surface area contributed by atoms with Crippen molar-refractivity contribution in [1.82, 2.24) is 10.2 Å². The molecule has 1 N–H and O–H groups in total. The van der Waals surface area contributed by atoms with Crippen LogP contribution in [0.1, 0.15) is 32.6 Å². The Morgan fingerprint density at radius 3 is 3.06 bits per heavy atom. The third-order valence-electron chi connectivity index (χ3n) is 3.76. The van der Waals surface area contributed by atoms with Gasteiger partial charge < -0.3 is 15.0 Å². The molecule has 0 aliphatic carbocycles. The maximum absolute atomic E-state index is 12.0. The van der Waals surface area contributed by atoms with E-state index in [0.29, 0.717) is 25.0 Å². The summed E-state index contributed by atoms with van der Waals surface area (Å²) in [5, 5.41) is 3.52. The Kier molecular flexibility index (Phi) is 4.80. The van der Waals surface area contributed by atoms with Gasteiger partial charge in [0, 0.05) is 25.7 Å². The zero-order valence-electron chi connectivity index (χ0n) is 10.8. The van der Waals surface area contributed by atoms with E-state index in [1.807, 2.05) is 4.90 Å². The summed E-state index contributed by atoms with van der Waals surface area (Å²) < 4.78 is 5.37. The zero-order valence-corrected chi connectivity index (χ0v) is 10.8. The van der Waals surface area contributed by atoms with Crippen molar-refractivity contribution in [1.29, 1.82) is 0 Å². The molecule has 4 nitrogen and oxygen atoms in total. The number of amides is 1. The lowest BCUT2D eigenvalue weighted by atomic mass is 9.94. The normalized spacial score (nSPS) is 28.2. The number of nitrogens with zero attached hydrogens (tertiary/aromatic N) is 1. The number of fused-ring (bicyclic) bond motifs is 1. The van der Waals surface area contributed by atoms with Crippen molar-refractivity contribution in [2.45, 2.75) is 38.6 Å². The molecule has 2 heterocycles. The second-order valence-corrected chi connectivity index (χ2v) is 5.12. The van der Waals surface area contributed by atoms with E-state index in [4.69, 9.17) is 4.74 Å². The molecule has 4 heteroatoms. The van der Waals surface area contributed by atoms with Gasteiger partial charge in [0.25, 0.3) is 0 Å². The van der Waals surface area contributed by atoms with Crippen molar-refractivity contribution < 1.29 is 9.53 Å². The first kappa shape index (κ1) is 12.8. The molecular formula is C13H24N2O2. The van der Waals surface area contributed by atoms with E-state index in [9.17, 15) is 4.79 Å². The van der Waals surface area contributed by atoms with Crippen LogP contribution in [-0.2, 0) is 9.53 Å². The molecule has 2 fully saturated rings. The maximum Gasteiger partial charge on any atom is 0.224 e. The van der Waals surface area contributed by atoms with Crippen LogP contribution < -0.4 is 5.32 Å². The monoisotopic (exact) mass is 240 g/mol. The molecule has 2 aliphatic rings. The van der Waals surface area contributed by atoms with Crippen LogP contribution in [0.15, 0.2) is 0 Å². The van der Waals surface area contributed by atoms with Crippen LogP contribution in [-0.4, -0.2) is 49.7 Å². The topological polar surface area (TPSA) is 41.6 Å². The van der Waals surface area contributed by atoms with Gasteiger partial charge in [0.05, 0.1) is 13.0 Å². The van der Waals surface area contributed by atoms with Gasteiger partial charge in [-0.25, -0.2) is 0 Å². The third-order valence-corrected chi connectivity index (χ3v) is 3.76. The molecular weight excluding hydrogens is 216 g/mol. The van der Waals surface area contributed by atoms with Crippen molar-refractivity contribution in [3.05, 3.63) is 0 Å². The number of hydrogen-bond donors (Lipinski definition) is 1. The molecule has 2 rings (SSSR count). The first-order chi connectivity index (χ1) is 8.31. The molecule has 0 aromatic rings. The number of rotatable bonds is 5. The van der Waals surface area contributed by atoms with Crippen LogP contribution in [0.25, 0.3) is 0 Å². The molecule has 17 heavy (non-hydrogen) atoms. The summed E-state index contributed by atoms with van der Waals surface area (Å²) in [6.07, 6.45) is 4.09. The van der Waals surface area contributed by atoms with Gasteiger partial charge >= 0.3 is 0 Å². The second-order valence-electron chi connectivity index (χ2n) is 5.12. The Bertz CT molecular complexity index is 244. The fourth-order valence-electron chi connectivity index (χ4n) is 2.81. The number of hydrogen-bond acceptors (Lipinski definition) is 3. The number of likely N-dealkylation sites (tertiary alicyclic amines) is 1. The molecule has 2 atom stereocenters. The Hall–Kier alpha value is -0.610. The Morgan fingerprint density at radius 1 is 1.41 bits per heavy atom. The Labute approximate surface area is 104 Å². The molecule has 98 valence electrons. The smallest absolute Gasteiger partial charge is 0.224 e. The number of ether oxygens (including phenoxy) is 1. The van der Waals surface area contributed by atoms with Gasteiger partial charge in [-0.05, 0) is 31.7 Å². The lowest BCUT2D eigenvalue weighted by Crippen LogP contribution is -2.41. The van der Waals surface area contributed by atoms with E-state index in [2.05, 4.69) is 12.2 Å². The van der Waals surface area contributed by atoms with Crippen molar-refractivity contribution in [3.8, 4) is 0 Å². The summed E-state index contributed by atoms with van der Waals surface area (Å²) >= 11 is 0. The minimum atomic E-state index is 0.261. The molecule has 0 aromatic carbocycles. The largest absolute Gasteiger partial charge is 0.381 e. The predicted octanol–water partition coefficient (Wildman–Crippen LogP) is 1.01. The van der Waals surface area contributed by atoms with E-state index in [1.54, 1.807) is 0 Å². The summed E-state index contributed by atoms with van der Waals surface area (Å²) in [7, 11) is 0. The zero-order chi connectivity index (χ0) is 12.1. The van der Waals surface area contributed by atoms with Gasteiger partial charge in [0.1, 0.15) is 0 Å². The minimum absolute atomic E-state index is 0.261. The van der Waals surface area contributed by atoms with Crippen molar-refractivity contribution >= 4 is 5.91 Å². The van der Waals surface area contributed by atoms with Crippen LogP contribution in [0.2, 0.25) is 0 Å². The SMILES string of the molecule is CCCOCCC(=O)N1C[C@@H]2CCCN[C@@H]2C1. The highest BCUT2D eigenvalue weighted by Gasteiger charge is 2.35. The van der Waals surface area contributed by atoms with Crippen molar-refractivity contribution in [3.63, 3.8) is 0 Å². The standard InChI is InChI=1S/C13H24N2O2/c1-2-7-17-8-5-13(16)15-9-11-4-3-6-14-12(11)10-15/h11-12,14H,2-10H2,1H3/t11-,12+/m0/s1. The van der Waals surface area contributed by atoms with E-state index in [0.717, 1.165) is 32.7 Å². The second kappa shape index (κ2) is 6.36. The van der Waals surface area contributed by atoms with Crippen LogP contribution in [0.4, 0.5) is 0 Å². The average Bonchev–Trinajstić information content (AvgIpc) is 2.78. The van der Waals surface area contributed by atoms with Gasteiger partial charge in [-0.3, -0.25) is 4.79 Å². The lowest BCUT2D eigenvalue weighted by Gasteiger charge is -2.24. The molecule has 0 spiro atoms. The summed E-state index contributed by atoms with van der Waals surface area (Å²) in [5.74, 6) is 0.946. The quantitative estimate of drug-likeness (QED) is 0.729. The van der Waals surface area contributed by atoms with E-state index >= 15 is 0 Å². The first-order valence-electron chi connectivity index (χ1n) is 6.90. The first-order valence-corrected chi connectivity index (χ1v) is 6.90. The van der Waals surface area contributed by atoms with Gasteiger partial charge in [0.15, 0.2) is 0 Å². The molecule has 0 radical (unpaired) electrons. The minimum Gasteiger partial charge on any atom is -0.381 e. The molecule has 0 saturated carbocycles. The summed E-state index contributed by atoms with van der Waals surface area (Å²) in [4.78, 5) is 14.0. The molecule has 2 saturated heterocycles. The van der Waals surface area contributed by atoms with Gasteiger partial charge in [0.2, 0.25) is 5.91 Å². The predicted molar refractivity (Wildman–Crippen MR) is 66.8 cm³/mol. The lowest BCUT2D eigenvalue weighted by molar-refractivity contribution is -0.131. The molecule has 1 amide bonds. The third kappa shape index (κ3) is 3.42. The molecule has 0 unspecified atom stereocenters. The van der Waals surface area contributed by atoms with Crippen LogP contribution in [0.5, 0.6) is 0 Å². The molecule has 0 bridgehead atoms. The fourth-order valence-corrected chi connectivity index (χ4v) is 2.81. The van der Waals surface area contributed by atoms with Crippen molar-refractivity contribution in [2.75, 3.05) is 32.8 Å². The van der Waals surface area contributed by atoms with Crippen LogP contribution >= 0.6 is 0 Å². The Morgan fingerprint density at radius 2 is 2.29 bits per heavy atom. The maximum atomic E-state index is 12.0. The van der Waals surface area contributed by atoms with Crippen LogP contribution in [0, 0.1) is 5.92 Å².